The number of hydrazone groups is 1. The number of nitrogens with zero attached hydrogens (tertiary/aromatic N) is 2. The molecule has 39 heavy (non-hydrogen) atoms. The highest BCUT2D eigenvalue weighted by molar-refractivity contribution is 7.89. The minimum atomic E-state index is -5.22. The highest BCUT2D eigenvalue weighted by Crippen LogP contribution is 2.41. The van der Waals surface area contributed by atoms with E-state index in [0.29, 0.717) is 21.3 Å². The van der Waals surface area contributed by atoms with E-state index in [4.69, 9.17) is 34.8 Å². The molecule has 1 unspecified atom stereocenters. The lowest BCUT2D eigenvalue weighted by molar-refractivity contribution is -0.143. The lowest BCUT2D eigenvalue weighted by atomic mass is 10.0. The fourth-order valence-corrected chi connectivity index (χ4v) is 5.81. The molecular formula is C24H16Cl3F6N3O2S. The van der Waals surface area contributed by atoms with Gasteiger partial charge in [-0.05, 0) is 54.1 Å². The number of hydrogen-bond acceptors (Lipinski definition) is 4. The largest absolute Gasteiger partial charge is 0.417 e. The van der Waals surface area contributed by atoms with Crippen molar-refractivity contribution < 1.29 is 34.8 Å². The maximum atomic E-state index is 13.5. The van der Waals surface area contributed by atoms with Crippen LogP contribution in [0.3, 0.4) is 0 Å². The van der Waals surface area contributed by atoms with Crippen molar-refractivity contribution in [2.75, 3.05) is 11.6 Å². The fourth-order valence-electron chi connectivity index (χ4n) is 3.92. The van der Waals surface area contributed by atoms with Crippen molar-refractivity contribution in [1.82, 2.24) is 4.72 Å². The van der Waals surface area contributed by atoms with E-state index in [2.05, 4.69) is 5.10 Å². The van der Waals surface area contributed by atoms with Crippen LogP contribution >= 0.6 is 34.8 Å². The molecule has 0 saturated carbocycles. The van der Waals surface area contributed by atoms with Gasteiger partial charge in [-0.2, -0.15) is 31.4 Å². The summed E-state index contributed by atoms with van der Waals surface area (Å²) in [6, 6.07) is 11.0. The molecular weight excluding hydrogens is 615 g/mol. The summed E-state index contributed by atoms with van der Waals surface area (Å²) in [5, 5.41) is 6.95. The Kier molecular flexibility index (Phi) is 8.17. The van der Waals surface area contributed by atoms with Gasteiger partial charge in [-0.1, -0.05) is 46.9 Å². The van der Waals surface area contributed by atoms with Gasteiger partial charge in [-0.25, -0.2) is 13.1 Å². The Bertz CT molecular complexity index is 1530. The summed E-state index contributed by atoms with van der Waals surface area (Å²) in [5.41, 5.74) is -1.96. The van der Waals surface area contributed by atoms with Crippen molar-refractivity contribution in [3.63, 3.8) is 0 Å². The van der Waals surface area contributed by atoms with E-state index in [0.717, 1.165) is 0 Å². The van der Waals surface area contributed by atoms with Gasteiger partial charge in [0.15, 0.2) is 0 Å². The first-order valence-corrected chi connectivity index (χ1v) is 13.5. The van der Waals surface area contributed by atoms with Crippen molar-refractivity contribution in [3.05, 3.63) is 92.4 Å². The first-order valence-electron chi connectivity index (χ1n) is 10.9. The summed E-state index contributed by atoms with van der Waals surface area (Å²) in [6.07, 6.45) is -10.2. The topological polar surface area (TPSA) is 61.8 Å². The predicted molar refractivity (Wildman–Crippen MR) is 137 cm³/mol. The lowest BCUT2D eigenvalue weighted by Crippen LogP contribution is -2.31. The summed E-state index contributed by atoms with van der Waals surface area (Å²) in [4.78, 5) is -1.55. The Labute approximate surface area is 234 Å². The van der Waals surface area contributed by atoms with Gasteiger partial charge in [0, 0.05) is 16.5 Å². The van der Waals surface area contributed by atoms with Crippen LogP contribution in [0.25, 0.3) is 0 Å². The third-order valence-corrected chi connectivity index (χ3v) is 7.99. The molecule has 0 fully saturated rings. The number of benzene rings is 3. The first kappa shape index (κ1) is 29.5. The molecule has 3 aromatic rings. The molecule has 5 nitrogen and oxygen atoms in total. The molecule has 1 N–H and O–H groups in total. The van der Waals surface area contributed by atoms with Crippen LogP contribution in [-0.4, -0.2) is 20.7 Å². The van der Waals surface area contributed by atoms with E-state index < -0.39 is 51.0 Å². The Balaban J connectivity index is 1.67. The zero-order valence-corrected chi connectivity index (χ0v) is 22.4. The summed E-state index contributed by atoms with van der Waals surface area (Å²) in [7, 11) is -5.06. The molecule has 1 atom stereocenters. The van der Waals surface area contributed by atoms with E-state index in [-0.39, 0.29) is 35.4 Å². The number of anilines is 1. The molecule has 15 heteroatoms. The quantitative estimate of drug-likeness (QED) is 0.281. The molecule has 208 valence electrons. The smallest absolute Gasteiger partial charge is 0.256 e. The number of halogens is 9. The van der Waals surface area contributed by atoms with Crippen LogP contribution in [0, 0.1) is 0 Å². The highest BCUT2D eigenvalue weighted by Gasteiger charge is 2.40. The maximum Gasteiger partial charge on any atom is 0.417 e. The number of nitrogens with one attached hydrogen (secondary N) is 1. The van der Waals surface area contributed by atoms with Crippen LogP contribution in [0.15, 0.2) is 70.7 Å². The first-order chi connectivity index (χ1) is 18.1. The van der Waals surface area contributed by atoms with Gasteiger partial charge in [-0.3, -0.25) is 5.01 Å². The van der Waals surface area contributed by atoms with E-state index in [9.17, 15) is 34.8 Å². The molecule has 0 bridgehead atoms. The number of sulfonamides is 1. The lowest BCUT2D eigenvalue weighted by Gasteiger charge is -2.25. The van der Waals surface area contributed by atoms with Crippen LogP contribution in [0.5, 0.6) is 0 Å². The monoisotopic (exact) mass is 629 g/mol. The Morgan fingerprint density at radius 2 is 1.51 bits per heavy atom. The second kappa shape index (κ2) is 10.8. The molecule has 0 spiro atoms. The standard InChI is InChI=1S/C24H16Cl3F6N3O2S/c25-15-4-1-13(2-5-15)21-11-17(35-36(21)20-8-6-16(26)10-19(20)27)12-34-39(37,38)22-9-14(23(28,29)30)3-7-18(22)24(31,32)33/h1-10,21,34H,11-12H2. The van der Waals surface area contributed by atoms with E-state index in [1.807, 2.05) is 4.72 Å². The van der Waals surface area contributed by atoms with Crippen LogP contribution in [-0.2, 0) is 22.4 Å². The van der Waals surface area contributed by atoms with Crippen LogP contribution in [0.1, 0.15) is 29.2 Å². The van der Waals surface area contributed by atoms with E-state index >= 15 is 0 Å². The number of hydrogen-bond donors (Lipinski definition) is 1. The number of rotatable bonds is 6. The average Bonchev–Trinajstić information content (AvgIpc) is 3.26. The van der Waals surface area contributed by atoms with Gasteiger partial charge in [-0.15, -0.1) is 0 Å². The van der Waals surface area contributed by atoms with Gasteiger partial charge in [0.05, 0.1) is 45.0 Å². The molecule has 1 aliphatic heterocycles. The molecule has 0 aromatic heterocycles. The molecule has 4 rings (SSSR count). The van der Waals surface area contributed by atoms with E-state index in [1.54, 1.807) is 36.4 Å². The van der Waals surface area contributed by atoms with Gasteiger partial charge in [0.1, 0.15) is 0 Å². The summed E-state index contributed by atoms with van der Waals surface area (Å²) < 4.78 is 108. The van der Waals surface area contributed by atoms with Gasteiger partial charge < -0.3 is 0 Å². The van der Waals surface area contributed by atoms with Gasteiger partial charge in [0.25, 0.3) is 0 Å². The van der Waals surface area contributed by atoms with Crippen LogP contribution < -0.4 is 9.73 Å². The zero-order valence-electron chi connectivity index (χ0n) is 19.3. The van der Waals surface area contributed by atoms with Crippen molar-refractivity contribution in [3.8, 4) is 0 Å². The van der Waals surface area contributed by atoms with Crippen molar-refractivity contribution in [1.29, 1.82) is 0 Å². The molecule has 0 radical (unpaired) electrons. The highest BCUT2D eigenvalue weighted by atomic mass is 35.5. The van der Waals surface area contributed by atoms with Crippen LogP contribution in [0.4, 0.5) is 32.0 Å². The van der Waals surface area contributed by atoms with Crippen LogP contribution in [0.2, 0.25) is 15.1 Å². The average molecular weight is 631 g/mol. The molecule has 0 saturated heterocycles. The second-order valence-corrected chi connectivity index (χ2v) is 11.4. The van der Waals surface area contributed by atoms with Crippen molar-refractivity contribution in [2.24, 2.45) is 5.10 Å². The second-order valence-electron chi connectivity index (χ2n) is 8.41. The van der Waals surface area contributed by atoms with Gasteiger partial charge in [0.2, 0.25) is 10.0 Å². The van der Waals surface area contributed by atoms with Crippen molar-refractivity contribution in [2.45, 2.75) is 29.7 Å². The zero-order chi connectivity index (χ0) is 28.8. The Morgan fingerprint density at radius 1 is 0.872 bits per heavy atom. The third-order valence-electron chi connectivity index (χ3n) is 5.75. The fraction of sp³-hybridized carbons (Fsp3) is 0.208. The van der Waals surface area contributed by atoms with E-state index in [1.165, 1.54) is 11.1 Å². The molecule has 1 aliphatic rings. The molecule has 0 amide bonds. The third kappa shape index (κ3) is 6.63. The number of alkyl halides is 6. The Hall–Kier alpha value is -2.51. The molecule has 3 aromatic carbocycles. The SMILES string of the molecule is O=S(=O)(NCC1=NN(c2ccc(Cl)cc2Cl)C(c2ccc(Cl)cc2)C1)c1cc(C(F)(F)F)ccc1C(F)(F)F. The summed E-state index contributed by atoms with van der Waals surface area (Å²) in [6.45, 7) is -0.582. The minimum absolute atomic E-state index is 0.0437. The van der Waals surface area contributed by atoms with Crippen molar-refractivity contribution >= 4 is 56.2 Å². The maximum absolute atomic E-state index is 13.5. The molecule has 0 aliphatic carbocycles. The Morgan fingerprint density at radius 3 is 2.10 bits per heavy atom. The normalized spacial score (nSPS) is 16.5. The summed E-state index contributed by atoms with van der Waals surface area (Å²) >= 11 is 18.3. The predicted octanol–water partition coefficient (Wildman–Crippen LogP) is 7.97. The minimum Gasteiger partial charge on any atom is -0.256 e. The summed E-state index contributed by atoms with van der Waals surface area (Å²) in [5.74, 6) is 0. The van der Waals surface area contributed by atoms with Gasteiger partial charge >= 0.3 is 12.4 Å². The molecule has 1 heterocycles.